The lowest BCUT2D eigenvalue weighted by atomic mass is 10.1. The molecule has 62 valence electrons. The first-order chi connectivity index (χ1) is 5.25. The van der Waals surface area contributed by atoms with Gasteiger partial charge in [0.05, 0.1) is 5.37 Å². The summed E-state index contributed by atoms with van der Waals surface area (Å²) in [6.45, 7) is 1.18. The smallest absolute Gasteiger partial charge is 0.136 e. The van der Waals surface area contributed by atoms with Crippen LogP contribution < -0.4 is 0 Å². The van der Waals surface area contributed by atoms with Crippen LogP contribution in [0.5, 0.6) is 0 Å². The van der Waals surface area contributed by atoms with Crippen LogP contribution in [0.4, 0.5) is 0 Å². The average molecular weight is 171 g/mol. The third kappa shape index (κ3) is 1.44. The van der Waals surface area contributed by atoms with E-state index in [1.807, 2.05) is 11.8 Å². The Bertz CT molecular complexity index is 183. The Morgan fingerprint density at radius 3 is 3.18 bits per heavy atom. The molecule has 0 radical (unpaired) electrons. The molecule has 0 spiro atoms. The van der Waals surface area contributed by atoms with E-state index < -0.39 is 0 Å². The number of Topliss-reactive ketones (excluding diaryl/α,β-unsaturated/α-hetero) is 1. The highest BCUT2D eigenvalue weighted by Crippen LogP contribution is 2.37. The lowest BCUT2D eigenvalue weighted by molar-refractivity contribution is -0.120. The zero-order valence-electron chi connectivity index (χ0n) is 6.75. The molecule has 3 heteroatoms. The van der Waals surface area contributed by atoms with Gasteiger partial charge in [-0.3, -0.25) is 9.69 Å². The summed E-state index contributed by atoms with van der Waals surface area (Å²) in [7, 11) is 2.12. The lowest BCUT2D eigenvalue weighted by Gasteiger charge is -2.39. The molecule has 2 nitrogen and oxygen atoms in total. The minimum absolute atomic E-state index is 0.463. The van der Waals surface area contributed by atoms with E-state index in [1.165, 1.54) is 13.0 Å². The predicted octanol–water partition coefficient (Wildman–Crippen LogP) is 1.11. The van der Waals surface area contributed by atoms with Crippen molar-refractivity contribution >= 4 is 17.5 Å². The van der Waals surface area contributed by atoms with Gasteiger partial charge in [-0.2, -0.15) is 0 Å². The Morgan fingerprint density at radius 1 is 1.55 bits per heavy atom. The van der Waals surface area contributed by atoms with Crippen molar-refractivity contribution in [3.05, 3.63) is 0 Å². The summed E-state index contributed by atoms with van der Waals surface area (Å²) in [5.41, 5.74) is 0. The number of ketones is 1. The number of hydrogen-bond acceptors (Lipinski definition) is 3. The Kier molecular flexibility index (Phi) is 1.93. The highest BCUT2D eigenvalue weighted by atomic mass is 32.2. The van der Waals surface area contributed by atoms with E-state index in [0.29, 0.717) is 16.4 Å². The zero-order chi connectivity index (χ0) is 7.84. The highest BCUT2D eigenvalue weighted by molar-refractivity contribution is 8.00. The lowest BCUT2D eigenvalue weighted by Crippen LogP contribution is -2.43. The summed E-state index contributed by atoms with van der Waals surface area (Å²) in [5, 5.41) is 1.13. The van der Waals surface area contributed by atoms with Gasteiger partial charge in [0.1, 0.15) is 5.78 Å². The van der Waals surface area contributed by atoms with Gasteiger partial charge in [-0.25, -0.2) is 0 Å². The van der Waals surface area contributed by atoms with Gasteiger partial charge in [0.15, 0.2) is 0 Å². The number of hydrogen-bond donors (Lipinski definition) is 0. The Morgan fingerprint density at radius 2 is 2.36 bits per heavy atom. The largest absolute Gasteiger partial charge is 0.300 e. The summed E-state index contributed by atoms with van der Waals surface area (Å²) in [4.78, 5) is 13.5. The number of nitrogens with zero attached hydrogens (tertiary/aromatic N) is 1. The molecule has 2 saturated heterocycles. The first kappa shape index (κ1) is 7.62. The molecule has 2 bridgehead atoms. The van der Waals surface area contributed by atoms with Gasteiger partial charge in [-0.05, 0) is 20.0 Å². The summed E-state index contributed by atoms with van der Waals surface area (Å²) in [6.07, 6.45) is 2.80. The SMILES string of the molecule is CN1CCC2CC(=O)CC1S2. The monoisotopic (exact) mass is 171 g/mol. The van der Waals surface area contributed by atoms with E-state index in [-0.39, 0.29) is 0 Å². The highest BCUT2D eigenvalue weighted by Gasteiger charge is 2.33. The van der Waals surface area contributed by atoms with Crippen molar-refractivity contribution < 1.29 is 4.79 Å². The van der Waals surface area contributed by atoms with Crippen LogP contribution in [0.25, 0.3) is 0 Å². The van der Waals surface area contributed by atoms with Gasteiger partial charge >= 0.3 is 0 Å². The van der Waals surface area contributed by atoms with E-state index in [2.05, 4.69) is 11.9 Å². The van der Waals surface area contributed by atoms with Crippen molar-refractivity contribution in [1.29, 1.82) is 0 Å². The van der Waals surface area contributed by atoms with E-state index >= 15 is 0 Å². The summed E-state index contributed by atoms with van der Waals surface area (Å²) >= 11 is 1.99. The van der Waals surface area contributed by atoms with Crippen LogP contribution in [-0.4, -0.2) is 34.9 Å². The molecule has 2 aliphatic rings. The molecule has 0 aromatic heterocycles. The van der Waals surface area contributed by atoms with Crippen LogP contribution in [0, 0.1) is 0 Å². The molecule has 2 aliphatic heterocycles. The van der Waals surface area contributed by atoms with Crippen molar-refractivity contribution in [3.63, 3.8) is 0 Å². The molecule has 11 heavy (non-hydrogen) atoms. The normalized spacial score (nSPS) is 39.2. The second-order valence-corrected chi connectivity index (χ2v) is 4.91. The fourth-order valence-corrected chi connectivity index (χ4v) is 3.34. The molecule has 0 N–H and O–H groups in total. The second kappa shape index (κ2) is 2.79. The third-order valence-corrected chi connectivity index (χ3v) is 4.13. The standard InChI is InChI=1S/C8H13NOS/c1-9-3-2-7-4-6(10)5-8(9)11-7/h7-8H,2-5H2,1H3. The van der Waals surface area contributed by atoms with Crippen LogP contribution in [0.1, 0.15) is 19.3 Å². The maximum absolute atomic E-state index is 11.2. The molecule has 2 unspecified atom stereocenters. The first-order valence-electron chi connectivity index (χ1n) is 4.13. The Hall–Kier alpha value is -0.0200. The third-order valence-electron chi connectivity index (χ3n) is 2.50. The second-order valence-electron chi connectivity index (χ2n) is 3.43. The molecular formula is C8H13NOS. The molecule has 0 aromatic carbocycles. The number of carbonyl (C=O) groups is 1. The topological polar surface area (TPSA) is 20.3 Å². The van der Waals surface area contributed by atoms with E-state index in [9.17, 15) is 4.79 Å². The van der Waals surface area contributed by atoms with Crippen molar-refractivity contribution in [1.82, 2.24) is 4.90 Å². The van der Waals surface area contributed by atoms with Crippen LogP contribution >= 0.6 is 11.8 Å². The average Bonchev–Trinajstić information content (AvgIpc) is 1.97. The summed E-state index contributed by atoms with van der Waals surface area (Å²) in [5.74, 6) is 0.463. The molecule has 0 aromatic rings. The van der Waals surface area contributed by atoms with Gasteiger partial charge < -0.3 is 0 Å². The van der Waals surface area contributed by atoms with Crippen molar-refractivity contribution in [3.8, 4) is 0 Å². The van der Waals surface area contributed by atoms with Gasteiger partial charge in [0.25, 0.3) is 0 Å². The van der Waals surface area contributed by atoms with Gasteiger partial charge in [0, 0.05) is 18.1 Å². The molecule has 0 saturated carbocycles. The molecule has 2 heterocycles. The van der Waals surface area contributed by atoms with Crippen molar-refractivity contribution in [2.24, 2.45) is 0 Å². The molecule has 2 rings (SSSR count). The Balaban J connectivity index is 2.08. The maximum Gasteiger partial charge on any atom is 0.136 e. The van der Waals surface area contributed by atoms with Crippen LogP contribution in [0.3, 0.4) is 0 Å². The number of fused-ring (bicyclic) bond motifs is 2. The van der Waals surface area contributed by atoms with E-state index in [1.54, 1.807) is 0 Å². The maximum atomic E-state index is 11.2. The van der Waals surface area contributed by atoms with E-state index in [0.717, 1.165) is 12.8 Å². The van der Waals surface area contributed by atoms with Crippen molar-refractivity contribution in [2.75, 3.05) is 13.6 Å². The minimum Gasteiger partial charge on any atom is -0.300 e. The Labute approximate surface area is 71.3 Å². The van der Waals surface area contributed by atoms with E-state index in [4.69, 9.17) is 0 Å². The zero-order valence-corrected chi connectivity index (χ0v) is 7.56. The molecule has 2 fully saturated rings. The fourth-order valence-electron chi connectivity index (χ4n) is 1.77. The fraction of sp³-hybridized carbons (Fsp3) is 0.875. The summed E-state index contributed by atoms with van der Waals surface area (Å²) < 4.78 is 0. The first-order valence-corrected chi connectivity index (χ1v) is 5.07. The molecular weight excluding hydrogens is 158 g/mol. The predicted molar refractivity (Wildman–Crippen MR) is 46.7 cm³/mol. The van der Waals surface area contributed by atoms with Gasteiger partial charge in [0.2, 0.25) is 0 Å². The number of carbonyl (C=O) groups excluding carboxylic acids is 1. The quantitative estimate of drug-likeness (QED) is 0.544. The molecule has 0 amide bonds. The van der Waals surface area contributed by atoms with Crippen LogP contribution in [0.15, 0.2) is 0 Å². The van der Waals surface area contributed by atoms with Crippen LogP contribution in [-0.2, 0) is 4.79 Å². The number of rotatable bonds is 0. The minimum atomic E-state index is 0.463. The number of likely N-dealkylation sites (tertiary alicyclic amines) is 1. The van der Waals surface area contributed by atoms with Gasteiger partial charge in [-0.15, -0.1) is 11.8 Å². The van der Waals surface area contributed by atoms with Gasteiger partial charge in [-0.1, -0.05) is 0 Å². The number of thioether (sulfide) groups is 1. The molecule has 0 aliphatic carbocycles. The summed E-state index contributed by atoms with van der Waals surface area (Å²) in [6, 6.07) is 0. The molecule has 2 atom stereocenters. The van der Waals surface area contributed by atoms with Crippen LogP contribution in [0.2, 0.25) is 0 Å². The van der Waals surface area contributed by atoms with Crippen molar-refractivity contribution in [2.45, 2.75) is 29.9 Å².